The Morgan fingerprint density at radius 2 is 0.980 bits per heavy atom. The lowest BCUT2D eigenvalue weighted by Gasteiger charge is -2.24. The standard InChI is InChI=1S/C42H40O2S6/c1-5-9-11-21(7-3)17-23-19-29-37(45-23)41-39(47-29)33-35(49-41)25-13-15-28-32-26(14-16-27(43-33)31(25)32)36-34(44-28)40-42(50-36)38-30(48-40)20-24(46-38)18-22(8-4)12-10-6-2/h13-16,19-22H,5-12,17-18H2,1-4H3/t21-,22+. The normalized spacial score (nSPS) is 14.6. The molecule has 6 aromatic heterocycles. The Labute approximate surface area is 317 Å². The van der Waals surface area contributed by atoms with Crippen LogP contribution in [0, 0.1) is 11.8 Å². The Morgan fingerprint density at radius 1 is 0.520 bits per heavy atom. The van der Waals surface area contributed by atoms with Crippen molar-refractivity contribution in [2.75, 3.05) is 0 Å². The van der Waals surface area contributed by atoms with Crippen LogP contribution < -0.4 is 9.47 Å². The summed E-state index contributed by atoms with van der Waals surface area (Å²) in [6.45, 7) is 9.33. The van der Waals surface area contributed by atoms with Gasteiger partial charge in [0.2, 0.25) is 0 Å². The zero-order chi connectivity index (χ0) is 33.7. The minimum Gasteiger partial charge on any atom is -0.454 e. The van der Waals surface area contributed by atoms with Crippen LogP contribution in [0.25, 0.3) is 69.3 Å². The predicted octanol–water partition coefficient (Wildman–Crippen LogP) is 16.9. The van der Waals surface area contributed by atoms with E-state index in [-0.39, 0.29) is 0 Å². The molecule has 0 unspecified atom stereocenters. The van der Waals surface area contributed by atoms with Crippen LogP contribution in [-0.4, -0.2) is 0 Å². The Morgan fingerprint density at radius 3 is 1.40 bits per heavy atom. The molecular weight excluding hydrogens is 729 g/mol. The van der Waals surface area contributed by atoms with Gasteiger partial charge in [0.25, 0.3) is 0 Å². The average molecular weight is 769 g/mol. The van der Waals surface area contributed by atoms with E-state index in [1.165, 1.54) is 133 Å². The summed E-state index contributed by atoms with van der Waals surface area (Å²) in [5.41, 5.74) is 2.57. The summed E-state index contributed by atoms with van der Waals surface area (Å²) in [5, 5.41) is 2.41. The van der Waals surface area contributed by atoms with E-state index in [9.17, 15) is 0 Å². The lowest BCUT2D eigenvalue weighted by atomic mass is 9.94. The average Bonchev–Trinajstić information content (AvgIpc) is 3.96. The van der Waals surface area contributed by atoms with Gasteiger partial charge in [-0.2, -0.15) is 0 Å². The molecule has 2 aliphatic heterocycles. The van der Waals surface area contributed by atoms with Crippen LogP contribution in [0.2, 0.25) is 0 Å². The summed E-state index contributed by atoms with van der Waals surface area (Å²) in [4.78, 5) is 5.62. The van der Waals surface area contributed by atoms with Gasteiger partial charge in [0, 0.05) is 41.1 Å². The van der Waals surface area contributed by atoms with Crippen LogP contribution in [0.5, 0.6) is 23.0 Å². The van der Waals surface area contributed by atoms with Crippen LogP contribution in [0.15, 0.2) is 36.4 Å². The maximum atomic E-state index is 6.87. The minimum atomic E-state index is 0.789. The van der Waals surface area contributed by atoms with E-state index in [0.29, 0.717) is 0 Å². The van der Waals surface area contributed by atoms with Gasteiger partial charge in [-0.3, -0.25) is 0 Å². The number of fused-ring (bicyclic) bond motifs is 12. The van der Waals surface area contributed by atoms with E-state index in [4.69, 9.17) is 9.47 Å². The highest BCUT2D eigenvalue weighted by Gasteiger charge is 2.34. The Kier molecular flexibility index (Phi) is 8.11. The highest BCUT2D eigenvalue weighted by Crippen LogP contribution is 2.63. The fraction of sp³-hybridized carbons (Fsp3) is 0.381. The van der Waals surface area contributed by atoms with E-state index in [1.807, 2.05) is 68.0 Å². The second-order valence-corrected chi connectivity index (χ2v) is 20.7. The SMILES string of the molecule is CCCC[C@@H](CC)Cc1cc2sc3c4c(sc3c2s1)-c1ccc2c3c(ccc(c13)O4)-c1sc3c(sc4cc(C[C@@H](CC)CCCC)sc43)c1O2. The van der Waals surface area contributed by atoms with Gasteiger partial charge in [-0.25, -0.2) is 0 Å². The van der Waals surface area contributed by atoms with Crippen molar-refractivity contribution in [2.24, 2.45) is 11.8 Å². The molecule has 8 heterocycles. The van der Waals surface area contributed by atoms with Crippen LogP contribution in [0.3, 0.4) is 0 Å². The molecule has 0 saturated heterocycles. The third kappa shape index (κ3) is 4.92. The van der Waals surface area contributed by atoms with Gasteiger partial charge in [0.15, 0.2) is 11.5 Å². The molecule has 2 aliphatic rings. The first-order chi connectivity index (χ1) is 24.6. The molecule has 0 aliphatic carbocycles. The second kappa shape index (κ2) is 12.6. The molecule has 0 amide bonds. The van der Waals surface area contributed by atoms with Crippen molar-refractivity contribution in [3.63, 3.8) is 0 Å². The van der Waals surface area contributed by atoms with Gasteiger partial charge in [-0.1, -0.05) is 79.1 Å². The van der Waals surface area contributed by atoms with Crippen LogP contribution in [-0.2, 0) is 12.8 Å². The quantitative estimate of drug-likeness (QED) is 0.123. The fourth-order valence-electron chi connectivity index (χ4n) is 8.22. The first-order valence-corrected chi connectivity index (χ1v) is 23.4. The summed E-state index contributed by atoms with van der Waals surface area (Å²) in [6, 6.07) is 14.0. The molecule has 0 saturated carbocycles. The van der Waals surface area contributed by atoms with Crippen molar-refractivity contribution >= 4 is 116 Å². The summed E-state index contributed by atoms with van der Waals surface area (Å²) < 4.78 is 24.9. The van der Waals surface area contributed by atoms with E-state index < -0.39 is 0 Å². The van der Waals surface area contributed by atoms with Crippen molar-refractivity contribution in [3.8, 4) is 43.9 Å². The monoisotopic (exact) mass is 768 g/mol. The topological polar surface area (TPSA) is 18.5 Å². The van der Waals surface area contributed by atoms with E-state index >= 15 is 0 Å². The third-order valence-electron chi connectivity index (χ3n) is 11.0. The van der Waals surface area contributed by atoms with Crippen molar-refractivity contribution in [1.29, 1.82) is 0 Å². The summed E-state index contributed by atoms with van der Waals surface area (Å²) in [6.07, 6.45) is 12.9. The molecule has 0 radical (unpaired) electrons. The number of ether oxygens (including phenoxy) is 2. The van der Waals surface area contributed by atoms with Gasteiger partial charge < -0.3 is 9.47 Å². The molecule has 2 nitrogen and oxygen atoms in total. The van der Waals surface area contributed by atoms with E-state index in [2.05, 4.69) is 64.1 Å². The van der Waals surface area contributed by atoms with Crippen molar-refractivity contribution in [2.45, 2.75) is 91.9 Å². The number of unbranched alkanes of at least 4 members (excludes halogenated alkanes) is 2. The highest BCUT2D eigenvalue weighted by atomic mass is 32.1. The van der Waals surface area contributed by atoms with Crippen molar-refractivity contribution in [1.82, 2.24) is 0 Å². The number of hydrogen-bond donors (Lipinski definition) is 0. The zero-order valence-corrected chi connectivity index (χ0v) is 33.9. The summed E-state index contributed by atoms with van der Waals surface area (Å²) in [5.74, 6) is 5.59. The summed E-state index contributed by atoms with van der Waals surface area (Å²) >= 11 is 11.7. The van der Waals surface area contributed by atoms with Crippen molar-refractivity contribution in [3.05, 3.63) is 46.2 Å². The molecule has 0 bridgehead atoms. The second-order valence-electron chi connectivity index (χ2n) is 14.3. The lowest BCUT2D eigenvalue weighted by Crippen LogP contribution is -2.01. The molecule has 8 aromatic rings. The Balaban J connectivity index is 1.03. The van der Waals surface area contributed by atoms with E-state index in [0.717, 1.165) is 34.8 Å². The molecule has 8 heteroatoms. The summed E-state index contributed by atoms with van der Waals surface area (Å²) in [7, 11) is 0. The molecule has 50 heavy (non-hydrogen) atoms. The van der Waals surface area contributed by atoms with Gasteiger partial charge in [-0.15, -0.1) is 68.0 Å². The molecule has 2 atom stereocenters. The smallest absolute Gasteiger partial charge is 0.163 e. The fourth-order valence-corrected chi connectivity index (χ4v) is 16.8. The predicted molar refractivity (Wildman–Crippen MR) is 226 cm³/mol. The first-order valence-electron chi connectivity index (χ1n) is 18.5. The zero-order valence-electron chi connectivity index (χ0n) is 29.0. The maximum absolute atomic E-state index is 6.87. The van der Waals surface area contributed by atoms with E-state index in [1.54, 1.807) is 9.75 Å². The van der Waals surface area contributed by atoms with Gasteiger partial charge in [0.05, 0.1) is 38.0 Å². The van der Waals surface area contributed by atoms with Crippen LogP contribution in [0.4, 0.5) is 0 Å². The molecular formula is C42H40O2S6. The number of rotatable bonds is 12. The number of hydrogen-bond acceptors (Lipinski definition) is 8. The van der Waals surface area contributed by atoms with Gasteiger partial charge in [0.1, 0.15) is 11.5 Å². The molecule has 0 spiro atoms. The highest BCUT2D eigenvalue weighted by molar-refractivity contribution is 7.40. The molecule has 10 rings (SSSR count). The first kappa shape index (κ1) is 32.2. The van der Waals surface area contributed by atoms with Gasteiger partial charge in [-0.05, 0) is 61.1 Å². The molecule has 2 aromatic carbocycles. The lowest BCUT2D eigenvalue weighted by molar-refractivity contribution is 0.452. The Bertz CT molecular complexity index is 2400. The van der Waals surface area contributed by atoms with Crippen molar-refractivity contribution < 1.29 is 9.47 Å². The van der Waals surface area contributed by atoms with Crippen LogP contribution >= 0.6 is 68.0 Å². The molecule has 256 valence electrons. The molecule has 0 N–H and O–H groups in total. The largest absolute Gasteiger partial charge is 0.454 e. The maximum Gasteiger partial charge on any atom is 0.163 e. The number of thiophene rings is 6. The van der Waals surface area contributed by atoms with Gasteiger partial charge >= 0.3 is 0 Å². The number of benzene rings is 2. The Hall–Kier alpha value is -2.46. The molecule has 0 fully saturated rings. The third-order valence-corrected chi connectivity index (χ3v) is 18.9. The van der Waals surface area contributed by atoms with Crippen LogP contribution in [0.1, 0.15) is 88.8 Å². The minimum absolute atomic E-state index is 0.789.